The fraction of sp³-hybridized carbons (Fsp3) is 1.00. The minimum absolute atomic E-state index is 0.116. The summed E-state index contributed by atoms with van der Waals surface area (Å²) in [6.07, 6.45) is 0. The van der Waals surface area contributed by atoms with Gasteiger partial charge in [-0.2, -0.15) is 0 Å². The SMILES string of the molecule is CO[Si](OC)(OC)C(C)C[SiH]1O[SiH](C)O[SiH](C)O[SiH](C)O1. The van der Waals surface area contributed by atoms with Crippen molar-refractivity contribution in [3.8, 4) is 0 Å². The van der Waals surface area contributed by atoms with Crippen LogP contribution in [0.25, 0.3) is 0 Å². The van der Waals surface area contributed by atoms with E-state index >= 15 is 0 Å². The molecule has 0 N–H and O–H groups in total. The van der Waals surface area contributed by atoms with Crippen LogP contribution in [0, 0.1) is 0 Å². The Kier molecular flexibility index (Phi) is 8.68. The molecule has 0 amide bonds. The maximum atomic E-state index is 6.11. The average Bonchev–Trinajstić information content (AvgIpc) is 2.39. The molecule has 0 radical (unpaired) electrons. The first-order chi connectivity index (χ1) is 9.86. The third-order valence-electron chi connectivity index (χ3n) is 3.46. The molecule has 0 spiro atoms. The van der Waals surface area contributed by atoms with E-state index in [2.05, 4.69) is 6.92 Å². The van der Waals surface area contributed by atoms with Crippen LogP contribution in [-0.2, 0) is 29.7 Å². The highest BCUT2D eigenvalue weighted by Gasteiger charge is 2.46. The molecule has 1 aliphatic heterocycles. The lowest BCUT2D eigenvalue weighted by atomic mass is 10.6. The van der Waals surface area contributed by atoms with E-state index in [4.69, 9.17) is 29.7 Å². The van der Waals surface area contributed by atoms with Gasteiger partial charge in [0.15, 0.2) is 0 Å². The summed E-state index contributed by atoms with van der Waals surface area (Å²) in [4.78, 5) is 0. The maximum absolute atomic E-state index is 6.11. The lowest BCUT2D eigenvalue weighted by molar-refractivity contribution is 0.114. The topological polar surface area (TPSA) is 64.6 Å². The predicted molar refractivity (Wildman–Crippen MR) is 91.5 cm³/mol. The second kappa shape index (κ2) is 9.19. The fourth-order valence-electron chi connectivity index (χ4n) is 2.49. The van der Waals surface area contributed by atoms with E-state index in [-0.39, 0.29) is 5.54 Å². The lowest BCUT2D eigenvalue weighted by Gasteiger charge is -2.35. The van der Waals surface area contributed by atoms with Crippen LogP contribution in [0.1, 0.15) is 6.92 Å². The Labute approximate surface area is 135 Å². The number of rotatable bonds is 6. The molecular formula is C9H28O7Si5. The Balaban J connectivity index is 2.70. The van der Waals surface area contributed by atoms with Gasteiger partial charge in [-0.25, -0.2) is 0 Å². The Hall–Kier alpha value is 0.804. The van der Waals surface area contributed by atoms with Gasteiger partial charge in [0.1, 0.15) is 0 Å². The summed E-state index contributed by atoms with van der Waals surface area (Å²) < 4.78 is 40.6. The van der Waals surface area contributed by atoms with Crippen molar-refractivity contribution >= 4 is 45.9 Å². The highest BCUT2D eigenvalue weighted by molar-refractivity contribution is 6.73. The van der Waals surface area contributed by atoms with Gasteiger partial charge >= 0.3 is 18.1 Å². The van der Waals surface area contributed by atoms with Gasteiger partial charge in [0, 0.05) is 26.9 Å². The van der Waals surface area contributed by atoms with Gasteiger partial charge in [0.05, 0.1) is 0 Å². The van der Waals surface area contributed by atoms with Crippen LogP contribution in [0.4, 0.5) is 0 Å². The predicted octanol–water partition coefficient (Wildman–Crippen LogP) is 0.106. The van der Waals surface area contributed by atoms with Gasteiger partial charge < -0.3 is 29.7 Å². The van der Waals surface area contributed by atoms with Crippen molar-refractivity contribution in [2.24, 2.45) is 0 Å². The van der Waals surface area contributed by atoms with Gasteiger partial charge in [-0.15, -0.1) is 0 Å². The Morgan fingerprint density at radius 1 is 0.810 bits per heavy atom. The molecule has 3 unspecified atom stereocenters. The molecule has 0 aliphatic carbocycles. The molecule has 12 heteroatoms. The molecule has 1 rings (SSSR count). The van der Waals surface area contributed by atoms with Gasteiger partial charge in [-0.1, -0.05) is 6.92 Å². The Bertz CT molecular complexity index is 286. The molecular weight excluding hydrogens is 361 g/mol. The smallest absolute Gasteiger partial charge is 0.420 e. The second-order valence-corrected chi connectivity index (χ2v) is 17.5. The van der Waals surface area contributed by atoms with E-state index in [0.29, 0.717) is 0 Å². The first-order valence-corrected chi connectivity index (χ1v) is 17.0. The van der Waals surface area contributed by atoms with Crippen LogP contribution in [0.15, 0.2) is 0 Å². The van der Waals surface area contributed by atoms with E-state index < -0.39 is 45.9 Å². The zero-order valence-electron chi connectivity index (χ0n) is 14.0. The summed E-state index contributed by atoms with van der Waals surface area (Å²) in [5.41, 5.74) is 0.116. The van der Waals surface area contributed by atoms with E-state index in [1.165, 1.54) is 0 Å². The molecule has 1 fully saturated rings. The zero-order chi connectivity index (χ0) is 16.0. The van der Waals surface area contributed by atoms with Gasteiger partial charge in [-0.3, -0.25) is 0 Å². The summed E-state index contributed by atoms with van der Waals surface area (Å²) in [6, 6.07) is 0.777. The molecule has 1 aliphatic rings. The van der Waals surface area contributed by atoms with Gasteiger partial charge in [-0.05, 0) is 25.7 Å². The Morgan fingerprint density at radius 3 is 1.57 bits per heavy atom. The fourth-order valence-corrected chi connectivity index (χ4v) is 18.5. The Morgan fingerprint density at radius 2 is 1.19 bits per heavy atom. The first-order valence-electron chi connectivity index (χ1n) is 7.14. The molecule has 0 saturated carbocycles. The third-order valence-corrected chi connectivity index (χ3v) is 19.8. The van der Waals surface area contributed by atoms with Crippen molar-refractivity contribution < 1.29 is 29.7 Å². The van der Waals surface area contributed by atoms with Crippen LogP contribution < -0.4 is 0 Å². The molecule has 1 saturated heterocycles. The summed E-state index contributed by atoms with van der Waals surface area (Å²) in [5.74, 6) is 0. The van der Waals surface area contributed by atoms with Crippen LogP contribution in [0.3, 0.4) is 0 Å². The zero-order valence-corrected chi connectivity index (χ0v) is 19.6. The molecule has 0 bridgehead atoms. The van der Waals surface area contributed by atoms with Crippen molar-refractivity contribution in [1.82, 2.24) is 0 Å². The molecule has 21 heavy (non-hydrogen) atoms. The van der Waals surface area contributed by atoms with Crippen LogP contribution in [0.5, 0.6) is 0 Å². The molecule has 0 aromatic carbocycles. The standard InChI is InChI=1S/C9H28O7Si5/c1-9(21(10-2,11-3)12-4)8-20-15-18(6)13-17(5)14-19(7)16-20/h9,17-20H,8H2,1-7H3. The molecule has 7 nitrogen and oxygen atoms in total. The van der Waals surface area contributed by atoms with Crippen molar-refractivity contribution in [1.29, 1.82) is 0 Å². The molecule has 0 aromatic rings. The quantitative estimate of drug-likeness (QED) is 0.598. The van der Waals surface area contributed by atoms with Crippen LogP contribution in [-0.4, -0.2) is 67.3 Å². The summed E-state index contributed by atoms with van der Waals surface area (Å²) in [6.45, 7) is 8.17. The number of hydrogen-bond acceptors (Lipinski definition) is 7. The van der Waals surface area contributed by atoms with Gasteiger partial charge in [0.25, 0.3) is 27.9 Å². The lowest BCUT2D eigenvalue weighted by Crippen LogP contribution is -2.50. The largest absolute Gasteiger partial charge is 0.503 e. The monoisotopic (exact) mass is 388 g/mol. The number of hydrogen-bond donors (Lipinski definition) is 0. The highest BCUT2D eigenvalue weighted by atomic mass is 28.5. The third kappa shape index (κ3) is 5.74. The minimum atomic E-state index is -2.66. The normalized spacial score (nSPS) is 33.3. The van der Waals surface area contributed by atoms with Crippen molar-refractivity contribution in [3.05, 3.63) is 0 Å². The van der Waals surface area contributed by atoms with Crippen molar-refractivity contribution in [2.45, 2.75) is 38.2 Å². The minimum Gasteiger partial charge on any atom is -0.420 e. The summed E-state index contributed by atoms with van der Waals surface area (Å²) in [7, 11) is -4.51. The van der Waals surface area contributed by atoms with E-state index in [1.807, 2.05) is 19.6 Å². The van der Waals surface area contributed by atoms with E-state index in [9.17, 15) is 0 Å². The summed E-state index contributed by atoms with van der Waals surface area (Å²) >= 11 is 0. The highest BCUT2D eigenvalue weighted by Crippen LogP contribution is 2.30. The second-order valence-electron chi connectivity index (χ2n) is 5.03. The maximum Gasteiger partial charge on any atom is 0.503 e. The van der Waals surface area contributed by atoms with Crippen molar-refractivity contribution in [2.75, 3.05) is 21.3 Å². The van der Waals surface area contributed by atoms with Crippen LogP contribution >= 0.6 is 0 Å². The summed E-state index contributed by atoms with van der Waals surface area (Å²) in [5, 5.41) is 0. The van der Waals surface area contributed by atoms with Crippen molar-refractivity contribution in [3.63, 3.8) is 0 Å². The van der Waals surface area contributed by atoms with E-state index in [0.717, 1.165) is 6.04 Å². The molecule has 0 aromatic heterocycles. The van der Waals surface area contributed by atoms with Crippen LogP contribution in [0.2, 0.25) is 31.2 Å². The molecule has 126 valence electrons. The van der Waals surface area contributed by atoms with Gasteiger partial charge in [0.2, 0.25) is 0 Å². The molecule has 1 heterocycles. The average molecular weight is 389 g/mol. The first kappa shape index (κ1) is 19.9. The van der Waals surface area contributed by atoms with E-state index in [1.54, 1.807) is 21.3 Å². The molecule has 3 atom stereocenters.